The standard InChI is InChI=1S/C19H34N4O3/c1-16-3-5-17(6-4-16)20(2)18(24)15-21-7-9-22(10-8-21)19(25)23-11-13-26-14-12-23/h16-17H,3-15H2,1-2H3. The van der Waals surface area contributed by atoms with E-state index < -0.39 is 0 Å². The molecule has 0 aromatic carbocycles. The second kappa shape index (κ2) is 9.04. The number of likely N-dealkylation sites (N-methyl/N-ethyl adjacent to an activating group) is 1. The summed E-state index contributed by atoms with van der Waals surface area (Å²) in [5, 5.41) is 0. The summed E-state index contributed by atoms with van der Waals surface area (Å²) in [4.78, 5) is 33.1. The van der Waals surface area contributed by atoms with Gasteiger partial charge in [-0.25, -0.2) is 4.79 Å². The summed E-state index contributed by atoms with van der Waals surface area (Å²) in [5.41, 5.74) is 0. The molecule has 0 N–H and O–H groups in total. The third-order valence-electron chi connectivity index (χ3n) is 6.21. The minimum Gasteiger partial charge on any atom is -0.378 e. The quantitative estimate of drug-likeness (QED) is 0.750. The first kappa shape index (κ1) is 19.4. The number of carbonyl (C=O) groups is 2. The Balaban J connectivity index is 1.40. The molecule has 3 fully saturated rings. The summed E-state index contributed by atoms with van der Waals surface area (Å²) in [6.07, 6.45) is 4.71. The number of morpholine rings is 1. The van der Waals surface area contributed by atoms with E-state index in [4.69, 9.17) is 4.74 Å². The van der Waals surface area contributed by atoms with Gasteiger partial charge < -0.3 is 19.4 Å². The highest BCUT2D eigenvalue weighted by molar-refractivity contribution is 5.78. The third kappa shape index (κ3) is 4.88. The molecule has 2 saturated heterocycles. The van der Waals surface area contributed by atoms with Gasteiger partial charge in [-0.3, -0.25) is 9.69 Å². The second-order valence-electron chi connectivity index (χ2n) is 8.06. The van der Waals surface area contributed by atoms with E-state index in [1.54, 1.807) is 0 Å². The molecule has 3 rings (SSSR count). The lowest BCUT2D eigenvalue weighted by atomic mass is 9.87. The van der Waals surface area contributed by atoms with E-state index in [1.165, 1.54) is 12.8 Å². The Kier molecular flexibility index (Phi) is 6.75. The van der Waals surface area contributed by atoms with Crippen LogP contribution >= 0.6 is 0 Å². The van der Waals surface area contributed by atoms with Gasteiger partial charge in [0.2, 0.25) is 5.91 Å². The highest BCUT2D eigenvalue weighted by Crippen LogP contribution is 2.26. The fraction of sp³-hybridized carbons (Fsp3) is 0.895. The normalized spacial score (nSPS) is 28.1. The zero-order valence-electron chi connectivity index (χ0n) is 16.4. The summed E-state index contributed by atoms with van der Waals surface area (Å²) in [6.45, 7) is 8.36. The lowest BCUT2D eigenvalue weighted by molar-refractivity contribution is -0.134. The molecule has 148 valence electrons. The van der Waals surface area contributed by atoms with Crippen LogP contribution in [0.5, 0.6) is 0 Å². The molecule has 1 aliphatic carbocycles. The number of hydrogen-bond donors (Lipinski definition) is 0. The molecule has 26 heavy (non-hydrogen) atoms. The number of piperazine rings is 1. The van der Waals surface area contributed by atoms with Crippen molar-refractivity contribution < 1.29 is 14.3 Å². The molecule has 7 heteroatoms. The van der Waals surface area contributed by atoms with E-state index in [-0.39, 0.29) is 11.9 Å². The van der Waals surface area contributed by atoms with Crippen LogP contribution in [0.2, 0.25) is 0 Å². The Bertz CT molecular complexity index is 479. The molecule has 2 heterocycles. The molecule has 0 spiro atoms. The van der Waals surface area contributed by atoms with E-state index in [1.807, 2.05) is 21.7 Å². The van der Waals surface area contributed by atoms with Crippen LogP contribution in [-0.4, -0.2) is 104 Å². The first-order chi connectivity index (χ1) is 12.5. The van der Waals surface area contributed by atoms with Crippen molar-refractivity contribution in [2.75, 3.05) is 66.1 Å². The number of rotatable bonds is 3. The van der Waals surface area contributed by atoms with Crippen molar-refractivity contribution in [3.8, 4) is 0 Å². The van der Waals surface area contributed by atoms with Crippen molar-refractivity contribution in [1.29, 1.82) is 0 Å². The summed E-state index contributed by atoms with van der Waals surface area (Å²) in [6, 6.07) is 0.524. The van der Waals surface area contributed by atoms with Crippen molar-refractivity contribution in [2.45, 2.75) is 38.6 Å². The predicted molar refractivity (Wildman–Crippen MR) is 100.0 cm³/mol. The Morgan fingerprint density at radius 3 is 2.12 bits per heavy atom. The number of nitrogens with zero attached hydrogens (tertiary/aromatic N) is 4. The van der Waals surface area contributed by atoms with Gasteiger partial charge in [0.15, 0.2) is 0 Å². The van der Waals surface area contributed by atoms with Crippen LogP contribution in [0.3, 0.4) is 0 Å². The molecule has 2 aliphatic heterocycles. The molecular weight excluding hydrogens is 332 g/mol. The average molecular weight is 367 g/mol. The summed E-state index contributed by atoms with van der Waals surface area (Å²) >= 11 is 0. The highest BCUT2D eigenvalue weighted by atomic mass is 16.5. The monoisotopic (exact) mass is 366 g/mol. The number of amides is 3. The van der Waals surface area contributed by atoms with E-state index in [9.17, 15) is 9.59 Å². The lowest BCUT2D eigenvalue weighted by Crippen LogP contribution is -2.56. The van der Waals surface area contributed by atoms with Crippen LogP contribution in [0, 0.1) is 5.92 Å². The Morgan fingerprint density at radius 2 is 1.50 bits per heavy atom. The zero-order chi connectivity index (χ0) is 18.5. The summed E-state index contributed by atoms with van der Waals surface area (Å²) < 4.78 is 5.31. The van der Waals surface area contributed by atoms with E-state index >= 15 is 0 Å². The second-order valence-corrected chi connectivity index (χ2v) is 8.06. The lowest BCUT2D eigenvalue weighted by Gasteiger charge is -2.39. The topological polar surface area (TPSA) is 56.3 Å². The smallest absolute Gasteiger partial charge is 0.320 e. The predicted octanol–water partition coefficient (Wildman–Crippen LogP) is 1.09. The number of carbonyl (C=O) groups excluding carboxylic acids is 2. The van der Waals surface area contributed by atoms with Gasteiger partial charge in [0.25, 0.3) is 0 Å². The minimum absolute atomic E-state index is 0.118. The molecule has 7 nitrogen and oxygen atoms in total. The van der Waals surface area contributed by atoms with Crippen LogP contribution in [0.4, 0.5) is 4.79 Å². The molecule has 3 aliphatic rings. The van der Waals surface area contributed by atoms with Gasteiger partial charge in [-0.2, -0.15) is 0 Å². The van der Waals surface area contributed by atoms with E-state index in [0.717, 1.165) is 31.8 Å². The van der Waals surface area contributed by atoms with Crippen molar-refractivity contribution >= 4 is 11.9 Å². The largest absolute Gasteiger partial charge is 0.378 e. The fourth-order valence-electron chi connectivity index (χ4n) is 4.19. The maximum atomic E-state index is 12.6. The first-order valence-electron chi connectivity index (χ1n) is 10.1. The zero-order valence-corrected chi connectivity index (χ0v) is 16.4. The van der Waals surface area contributed by atoms with Gasteiger partial charge in [-0.15, -0.1) is 0 Å². The molecule has 0 atom stereocenters. The Morgan fingerprint density at radius 1 is 0.923 bits per heavy atom. The average Bonchev–Trinajstić information content (AvgIpc) is 2.68. The number of ether oxygens (including phenoxy) is 1. The van der Waals surface area contributed by atoms with Gasteiger partial charge in [0.1, 0.15) is 0 Å². The molecule has 0 aromatic rings. The fourth-order valence-corrected chi connectivity index (χ4v) is 4.19. The molecule has 1 saturated carbocycles. The highest BCUT2D eigenvalue weighted by Gasteiger charge is 2.29. The van der Waals surface area contributed by atoms with Gasteiger partial charge in [-0.05, 0) is 31.6 Å². The maximum Gasteiger partial charge on any atom is 0.320 e. The van der Waals surface area contributed by atoms with Crippen LogP contribution < -0.4 is 0 Å². The molecular formula is C19H34N4O3. The van der Waals surface area contributed by atoms with Crippen molar-refractivity contribution in [1.82, 2.24) is 19.6 Å². The van der Waals surface area contributed by atoms with Crippen molar-refractivity contribution in [2.24, 2.45) is 5.92 Å². The number of hydrogen-bond acceptors (Lipinski definition) is 4. The van der Waals surface area contributed by atoms with Crippen molar-refractivity contribution in [3.05, 3.63) is 0 Å². The third-order valence-corrected chi connectivity index (χ3v) is 6.21. The first-order valence-corrected chi connectivity index (χ1v) is 10.1. The van der Waals surface area contributed by atoms with E-state index in [0.29, 0.717) is 52.0 Å². The molecule has 0 radical (unpaired) electrons. The molecule has 0 unspecified atom stereocenters. The van der Waals surface area contributed by atoms with Crippen molar-refractivity contribution in [3.63, 3.8) is 0 Å². The van der Waals surface area contributed by atoms with Crippen LogP contribution in [0.25, 0.3) is 0 Å². The Hall–Kier alpha value is -1.34. The van der Waals surface area contributed by atoms with Gasteiger partial charge in [0.05, 0.1) is 19.8 Å². The SMILES string of the molecule is CC1CCC(N(C)C(=O)CN2CCN(C(=O)N3CCOCC3)CC2)CC1. The molecule has 0 aromatic heterocycles. The summed E-state index contributed by atoms with van der Waals surface area (Å²) in [5.74, 6) is 1.02. The Labute approximate surface area is 157 Å². The van der Waals surface area contributed by atoms with Crippen LogP contribution in [0.15, 0.2) is 0 Å². The van der Waals surface area contributed by atoms with Gasteiger partial charge in [-0.1, -0.05) is 6.92 Å². The van der Waals surface area contributed by atoms with Crippen LogP contribution in [-0.2, 0) is 9.53 Å². The summed E-state index contributed by atoms with van der Waals surface area (Å²) in [7, 11) is 1.96. The van der Waals surface area contributed by atoms with E-state index in [2.05, 4.69) is 11.8 Å². The minimum atomic E-state index is 0.118. The maximum absolute atomic E-state index is 12.6. The number of urea groups is 1. The molecule has 3 amide bonds. The van der Waals surface area contributed by atoms with Gasteiger partial charge >= 0.3 is 6.03 Å². The van der Waals surface area contributed by atoms with Gasteiger partial charge in [0, 0.05) is 52.4 Å². The molecule has 0 bridgehead atoms. The van der Waals surface area contributed by atoms with Crippen LogP contribution in [0.1, 0.15) is 32.6 Å².